The highest BCUT2D eigenvalue weighted by atomic mass is 32.2. The molecule has 84 heavy (non-hydrogen) atoms. The van der Waals surface area contributed by atoms with Gasteiger partial charge in [-0.15, -0.1) is 0 Å². The molecular formula is C61H94N10O12S. The highest BCUT2D eigenvalue weighted by molar-refractivity contribution is 7.90. The van der Waals surface area contributed by atoms with E-state index in [0.717, 1.165) is 10.5 Å². The van der Waals surface area contributed by atoms with Crippen molar-refractivity contribution in [3.8, 4) is 0 Å². The van der Waals surface area contributed by atoms with Gasteiger partial charge in [-0.05, 0) is 85.2 Å². The molecule has 10 amide bonds. The van der Waals surface area contributed by atoms with E-state index in [9.17, 15) is 51.6 Å². The molecule has 0 aliphatic carbocycles. The summed E-state index contributed by atoms with van der Waals surface area (Å²) in [6, 6.07) is 8.08. The van der Waals surface area contributed by atoms with Crippen LogP contribution in [0, 0.1) is 28.1 Å². The van der Waals surface area contributed by atoms with Crippen molar-refractivity contribution in [1.29, 1.82) is 0 Å². The summed E-state index contributed by atoms with van der Waals surface area (Å²) in [5.74, 6) is -5.03. The molecule has 0 spiro atoms. The van der Waals surface area contributed by atoms with Crippen LogP contribution in [0.5, 0.6) is 0 Å². The van der Waals surface area contributed by atoms with Crippen molar-refractivity contribution in [3.63, 3.8) is 0 Å². The van der Waals surface area contributed by atoms with E-state index in [4.69, 9.17) is 10.5 Å². The smallest absolute Gasteiger partial charge is 0.312 e. The number of urea groups is 1. The van der Waals surface area contributed by atoms with E-state index in [1.807, 2.05) is 106 Å². The second-order valence-corrected chi connectivity index (χ2v) is 27.3. The quantitative estimate of drug-likeness (QED) is 0.0281. The maximum absolute atomic E-state index is 14.5. The third kappa shape index (κ3) is 20.7. The van der Waals surface area contributed by atoms with Crippen molar-refractivity contribution in [2.45, 2.75) is 170 Å². The molecule has 0 saturated heterocycles. The van der Waals surface area contributed by atoms with Gasteiger partial charge in [0.2, 0.25) is 29.5 Å². The molecule has 22 nitrogen and oxygen atoms in total. The van der Waals surface area contributed by atoms with Crippen LogP contribution in [0.25, 0.3) is 0 Å². The second-order valence-electron chi connectivity index (χ2n) is 25.6. The average Bonchev–Trinajstić information content (AvgIpc) is 2.91. The van der Waals surface area contributed by atoms with Crippen molar-refractivity contribution in [3.05, 3.63) is 83.5 Å². The van der Waals surface area contributed by atoms with Gasteiger partial charge in [-0.3, -0.25) is 43.3 Å². The fourth-order valence-corrected chi connectivity index (χ4v) is 11.1. The number of sulfonamides is 1. The number of aryl methyl sites for hydroxylation is 1. The van der Waals surface area contributed by atoms with Gasteiger partial charge >= 0.3 is 6.03 Å². The fraction of sp³-hybridized carbons (Fsp3) is 0.590. The normalized spacial score (nSPS) is 15.2. The van der Waals surface area contributed by atoms with Crippen LogP contribution in [0.3, 0.4) is 0 Å². The zero-order chi connectivity index (χ0) is 63.9. The summed E-state index contributed by atoms with van der Waals surface area (Å²) in [6.07, 6.45) is 4.28. The maximum Gasteiger partial charge on any atom is 0.312 e. The molecule has 0 fully saturated rings. The van der Waals surface area contributed by atoms with Gasteiger partial charge in [0.25, 0.3) is 27.7 Å². The van der Waals surface area contributed by atoms with E-state index in [1.165, 1.54) is 48.3 Å². The summed E-state index contributed by atoms with van der Waals surface area (Å²) in [5, 5.41) is 16.9. The lowest BCUT2D eigenvalue weighted by atomic mass is 9.76. The number of likely N-dealkylation sites (N-methyl/N-ethyl adjacent to an activating group) is 2. The molecular weight excluding hydrogens is 1100 g/mol. The van der Waals surface area contributed by atoms with Gasteiger partial charge in [-0.2, -0.15) is 0 Å². The lowest BCUT2D eigenvalue weighted by molar-refractivity contribution is -0.141. The number of nitrogens with one attached hydrogen (secondary N) is 7. The predicted molar refractivity (Wildman–Crippen MR) is 323 cm³/mol. The predicted octanol–water partition coefficient (Wildman–Crippen LogP) is 4.98. The Hall–Kier alpha value is -6.98. The zero-order valence-electron chi connectivity index (χ0n) is 52.3. The fourth-order valence-electron chi connectivity index (χ4n) is 9.80. The van der Waals surface area contributed by atoms with Crippen molar-refractivity contribution >= 4 is 69.0 Å². The number of rotatable bonds is 31. The van der Waals surface area contributed by atoms with Gasteiger partial charge in [0.1, 0.15) is 18.1 Å². The first-order valence-electron chi connectivity index (χ1n) is 28.5. The van der Waals surface area contributed by atoms with E-state index in [0.29, 0.717) is 0 Å². The minimum atomic E-state index is -4.54. The van der Waals surface area contributed by atoms with Crippen LogP contribution in [0.4, 0.5) is 10.5 Å². The Morgan fingerprint density at radius 3 is 1.90 bits per heavy atom. The van der Waals surface area contributed by atoms with Crippen LogP contribution < -0.4 is 42.4 Å². The van der Waals surface area contributed by atoms with Crippen LogP contribution >= 0.6 is 0 Å². The summed E-state index contributed by atoms with van der Waals surface area (Å²) >= 11 is 0. The highest BCUT2D eigenvalue weighted by Gasteiger charge is 2.42. The first kappa shape index (κ1) is 71.3. The van der Waals surface area contributed by atoms with Crippen molar-refractivity contribution in [2.24, 2.45) is 33.8 Å². The van der Waals surface area contributed by atoms with Crippen LogP contribution in [0.2, 0.25) is 0 Å². The number of primary amides is 1. The lowest BCUT2D eigenvalue weighted by Gasteiger charge is -2.40. The molecule has 0 saturated carbocycles. The largest absolute Gasteiger partial charge is 0.380 e. The van der Waals surface area contributed by atoms with Gasteiger partial charge in [0.05, 0.1) is 30.2 Å². The average molecular weight is 1190 g/mol. The number of benzene rings is 2. The molecule has 1 heterocycles. The summed E-state index contributed by atoms with van der Waals surface area (Å²) in [4.78, 5) is 122. The number of hydrogen-bond acceptors (Lipinski definition) is 13. The lowest BCUT2D eigenvalue weighted by Crippen LogP contribution is -2.61. The molecule has 1 aliphatic rings. The molecule has 0 aromatic heterocycles. The molecule has 1 aliphatic heterocycles. The number of ether oxygens (including phenoxy) is 1. The maximum atomic E-state index is 14.5. The molecule has 466 valence electrons. The number of imide groups is 1. The Morgan fingerprint density at radius 2 is 1.37 bits per heavy atom. The minimum Gasteiger partial charge on any atom is -0.380 e. The van der Waals surface area contributed by atoms with Crippen LogP contribution in [0.1, 0.15) is 134 Å². The molecule has 2 unspecified atom stereocenters. The number of carbonyl (C=O) groups is 9. The number of nitrogens with zero attached hydrogens (tertiary/aromatic N) is 2. The number of hydrogen-bond donors (Lipinski definition) is 8. The molecule has 2 aromatic rings. The minimum absolute atomic E-state index is 0.00535. The Kier molecular flexibility index (Phi) is 25.6. The molecule has 0 radical (unpaired) electrons. The first-order chi connectivity index (χ1) is 38.8. The molecule has 0 bridgehead atoms. The SMILES string of the molecule is CCc1cc(NC(=O)[C@H](CCCNC(N)=O)NC(=O)C(NC(=O)CC(C)(C)COCC(C)(C)CN2C(=O)C=CC2=O)C(C)C)ccc1S(=O)(=O)NC(=O)/C(C)=C/[C@H](C(C)C)N(C)C(=O)C(NC(=O)[C@@H](NC)C(C)(C)c1ccccc1)C(C)(C)C. The van der Waals surface area contributed by atoms with E-state index in [2.05, 4.69) is 36.6 Å². The Balaban J connectivity index is 1.78. The third-order valence-corrected chi connectivity index (χ3v) is 16.1. The van der Waals surface area contributed by atoms with Gasteiger partial charge < -0.3 is 47.3 Å². The Bertz CT molecular complexity index is 2860. The van der Waals surface area contributed by atoms with Crippen LogP contribution in [-0.4, -0.2) is 142 Å². The molecule has 23 heteroatoms. The van der Waals surface area contributed by atoms with Gasteiger partial charge in [0.15, 0.2) is 0 Å². The number of anilines is 1. The summed E-state index contributed by atoms with van der Waals surface area (Å²) in [7, 11) is -1.27. The van der Waals surface area contributed by atoms with Gasteiger partial charge in [-0.25, -0.2) is 17.9 Å². The van der Waals surface area contributed by atoms with Crippen molar-refractivity contribution < 1.29 is 56.3 Å². The van der Waals surface area contributed by atoms with E-state index in [1.54, 1.807) is 34.9 Å². The van der Waals surface area contributed by atoms with Crippen LogP contribution in [-0.2, 0) is 65.0 Å². The van der Waals surface area contributed by atoms with Crippen molar-refractivity contribution in [2.75, 3.05) is 45.7 Å². The van der Waals surface area contributed by atoms with Crippen molar-refractivity contribution in [1.82, 2.24) is 41.1 Å². The number of nitrogens with two attached hydrogens (primary N) is 1. The van der Waals surface area contributed by atoms with E-state index >= 15 is 0 Å². The Labute approximate surface area is 497 Å². The molecule has 9 N–H and O–H groups in total. The molecule has 2 aromatic carbocycles. The molecule has 3 rings (SSSR count). The summed E-state index contributed by atoms with van der Waals surface area (Å²) < 4.78 is 36.2. The topological polar surface area (TPSA) is 314 Å². The monoisotopic (exact) mass is 1190 g/mol. The standard InChI is InChI=1S/C61H94N10O12S/c1-18-40-32-42(65-53(76)43(25-22-30-64-57(62)80)66-54(77)49(38(4)5)67-46(72)33-59(10,11)35-83-36-60(12,13)34-71-47(73)28-29-48(71)74)26-27-45(40)84(81,82)69-52(75)39(6)31-44(37(2)3)70(17)56(79)51(58(7,8)9)68-55(78)50(63-16)61(14,15)41-23-20-19-21-24-41/h19-21,23-24,26-29,31-32,37-38,43-44,49-51,63H,18,22,25,30,33-36H2,1-17H3,(H,65,76)(H,66,77)(H,67,72)(H,68,78)(H,69,75)(H3,62,64,80)/b39-31+/t43-,44+,49?,50+,51?/m0/s1. The summed E-state index contributed by atoms with van der Waals surface area (Å²) in [6.45, 7) is 27.6. The third-order valence-electron chi connectivity index (χ3n) is 14.7. The van der Waals surface area contributed by atoms with Gasteiger partial charge in [0, 0.05) is 60.8 Å². The van der Waals surface area contributed by atoms with E-state index in [-0.39, 0.29) is 85.5 Å². The summed E-state index contributed by atoms with van der Waals surface area (Å²) in [5.41, 5.74) is 3.89. The van der Waals surface area contributed by atoms with E-state index < -0.39 is 115 Å². The van der Waals surface area contributed by atoms with Crippen LogP contribution in [0.15, 0.2) is 77.2 Å². The second kappa shape index (κ2) is 30.2. The Morgan fingerprint density at radius 1 is 0.774 bits per heavy atom. The first-order valence-corrected chi connectivity index (χ1v) is 30.0. The number of carbonyl (C=O) groups excluding carboxylic acids is 9. The molecule has 5 atom stereocenters. The highest BCUT2D eigenvalue weighted by Crippen LogP contribution is 2.30. The number of amides is 10. The zero-order valence-corrected chi connectivity index (χ0v) is 53.1. The van der Waals surface area contributed by atoms with Gasteiger partial charge in [-0.1, -0.05) is 133 Å².